The number of rotatable bonds is 6. The number of carbonyl (C=O) groups is 3. The zero-order valence-electron chi connectivity index (χ0n) is 13.0. The van der Waals surface area contributed by atoms with E-state index in [1.807, 2.05) is 0 Å². The summed E-state index contributed by atoms with van der Waals surface area (Å²) < 4.78 is 0. The Morgan fingerprint density at radius 2 is 1.88 bits per heavy atom. The second-order valence-corrected chi connectivity index (χ2v) is 6.51. The van der Waals surface area contributed by atoms with Crippen molar-refractivity contribution in [1.29, 1.82) is 0 Å². The number of carbonyl (C=O) groups excluding carboxylic acids is 1. The predicted molar refractivity (Wildman–Crippen MR) is 90.5 cm³/mol. The van der Waals surface area contributed by atoms with E-state index in [9.17, 15) is 24.6 Å². The molecule has 134 valence electrons. The van der Waals surface area contributed by atoms with Gasteiger partial charge in [0, 0.05) is 12.2 Å². The third kappa shape index (κ3) is 4.70. The smallest absolute Gasteiger partial charge is 0.349 e. The molecule has 1 aliphatic rings. The predicted octanol–water partition coefficient (Wildman–Crippen LogP) is -0.0500. The molecule has 0 radical (unpaired) electrons. The van der Waals surface area contributed by atoms with Crippen LogP contribution in [0.2, 0.25) is 0 Å². The summed E-state index contributed by atoms with van der Waals surface area (Å²) in [5.41, 5.74) is 6.09. The van der Waals surface area contributed by atoms with E-state index in [4.69, 9.17) is 10.8 Å². The molecule has 0 aliphatic carbocycles. The normalized spacial score (nSPS) is 19.4. The minimum atomic E-state index is -1.41. The van der Waals surface area contributed by atoms with Gasteiger partial charge in [0.25, 0.3) is 0 Å². The zero-order valence-corrected chi connectivity index (χ0v) is 13.8. The Balaban J connectivity index is 2.14. The number of phenolic OH excluding ortho intramolecular Hbond substituents is 1. The van der Waals surface area contributed by atoms with Gasteiger partial charge in [-0.25, -0.2) is 9.59 Å². The van der Waals surface area contributed by atoms with Crippen LogP contribution < -0.4 is 11.1 Å². The number of carboxylic acid groups (broad SMARTS) is 2. The van der Waals surface area contributed by atoms with Crippen LogP contribution in [0.1, 0.15) is 18.0 Å². The van der Waals surface area contributed by atoms with E-state index in [0.717, 1.165) is 11.8 Å². The molecule has 10 heteroatoms. The molecule has 3 unspecified atom stereocenters. The molecule has 2 rings (SSSR count). The van der Waals surface area contributed by atoms with Crippen LogP contribution in [0, 0.1) is 0 Å². The van der Waals surface area contributed by atoms with Gasteiger partial charge in [-0.05, 0) is 17.7 Å². The molecular formula is C15H17N3O6S. The van der Waals surface area contributed by atoms with Crippen LogP contribution in [0.25, 0.3) is 0 Å². The molecule has 1 aromatic carbocycles. The third-order valence-electron chi connectivity index (χ3n) is 3.54. The number of nitrogens with one attached hydrogen (secondary N) is 1. The Labute approximate surface area is 146 Å². The van der Waals surface area contributed by atoms with Crippen molar-refractivity contribution in [3.8, 4) is 5.75 Å². The fraction of sp³-hybridized carbons (Fsp3) is 0.333. The monoisotopic (exact) mass is 367 g/mol. The van der Waals surface area contributed by atoms with Gasteiger partial charge in [0.2, 0.25) is 5.91 Å². The lowest BCUT2D eigenvalue weighted by Gasteiger charge is -2.26. The summed E-state index contributed by atoms with van der Waals surface area (Å²) in [7, 11) is 0. The van der Waals surface area contributed by atoms with Crippen LogP contribution >= 0.6 is 11.8 Å². The van der Waals surface area contributed by atoms with Crippen molar-refractivity contribution in [2.75, 3.05) is 5.75 Å². The van der Waals surface area contributed by atoms with Gasteiger partial charge in [0.15, 0.2) is 6.04 Å². The van der Waals surface area contributed by atoms with Gasteiger partial charge in [0.05, 0.1) is 0 Å². The molecule has 1 amide bonds. The van der Waals surface area contributed by atoms with Gasteiger partial charge in [-0.2, -0.15) is 0 Å². The fourth-order valence-corrected chi connectivity index (χ4v) is 3.33. The lowest BCUT2D eigenvalue weighted by Crippen LogP contribution is -2.50. The maximum atomic E-state index is 12.3. The van der Waals surface area contributed by atoms with E-state index in [1.54, 1.807) is 0 Å². The number of carboxylic acids is 2. The maximum absolute atomic E-state index is 12.3. The number of hydrogen-bond donors (Lipinski definition) is 5. The van der Waals surface area contributed by atoms with Crippen LogP contribution in [0.15, 0.2) is 29.3 Å². The molecule has 0 bridgehead atoms. The molecule has 3 atom stereocenters. The topological polar surface area (TPSA) is 162 Å². The molecule has 1 aliphatic heterocycles. The van der Waals surface area contributed by atoms with Crippen molar-refractivity contribution in [3.05, 3.63) is 29.8 Å². The Morgan fingerprint density at radius 3 is 2.44 bits per heavy atom. The van der Waals surface area contributed by atoms with Gasteiger partial charge in [-0.3, -0.25) is 9.79 Å². The fourth-order valence-electron chi connectivity index (χ4n) is 2.20. The molecule has 1 heterocycles. The summed E-state index contributed by atoms with van der Waals surface area (Å²) in [6.45, 7) is 0. The molecule has 0 aromatic heterocycles. The number of hydrogen-bond acceptors (Lipinski definition) is 7. The molecule has 6 N–H and O–H groups in total. The second kappa shape index (κ2) is 7.99. The van der Waals surface area contributed by atoms with E-state index < -0.39 is 35.3 Å². The van der Waals surface area contributed by atoms with Gasteiger partial charge >= 0.3 is 11.9 Å². The van der Waals surface area contributed by atoms with E-state index in [2.05, 4.69) is 10.3 Å². The van der Waals surface area contributed by atoms with Crippen molar-refractivity contribution in [2.24, 2.45) is 10.7 Å². The molecule has 0 fully saturated rings. The summed E-state index contributed by atoms with van der Waals surface area (Å²) in [6.07, 6.45) is 0.226. The number of aliphatic carboxylic acids is 2. The molecule has 9 nitrogen and oxygen atoms in total. The highest BCUT2D eigenvalue weighted by atomic mass is 32.2. The summed E-state index contributed by atoms with van der Waals surface area (Å²) in [6, 6.07) is 3.07. The van der Waals surface area contributed by atoms with E-state index >= 15 is 0 Å². The van der Waals surface area contributed by atoms with Gasteiger partial charge in [-0.1, -0.05) is 12.1 Å². The van der Waals surface area contributed by atoms with E-state index in [1.165, 1.54) is 24.3 Å². The first-order valence-electron chi connectivity index (χ1n) is 7.29. The average Bonchev–Trinajstić information content (AvgIpc) is 2.59. The number of nitrogens with zero attached hydrogens (tertiary/aromatic N) is 1. The van der Waals surface area contributed by atoms with Crippen LogP contribution in [0.3, 0.4) is 0 Å². The Morgan fingerprint density at radius 1 is 1.24 bits per heavy atom. The van der Waals surface area contributed by atoms with Crippen molar-refractivity contribution < 1.29 is 29.7 Å². The standard InChI is InChI=1S/C15H17N3O6S/c16-10(7-1-3-8(19)4-2-7)12(20)18-11(15(23)24)13-17-9(14(21)22)5-6-25-13/h1-4,10-11,13,19H,5-6,16H2,(H,18,20)(H,21,22)(H,23,24). The van der Waals surface area contributed by atoms with Crippen molar-refractivity contribution in [3.63, 3.8) is 0 Å². The average molecular weight is 367 g/mol. The molecule has 1 aromatic rings. The van der Waals surface area contributed by atoms with Crippen LogP contribution in [0.5, 0.6) is 5.75 Å². The summed E-state index contributed by atoms with van der Waals surface area (Å²) in [5, 5.41) is 29.0. The van der Waals surface area contributed by atoms with Gasteiger partial charge < -0.3 is 26.4 Å². The number of aromatic hydroxyl groups is 1. The molecule has 0 saturated carbocycles. The number of nitrogens with two attached hydrogens (primary N) is 1. The second-order valence-electron chi connectivity index (χ2n) is 5.29. The molecule has 25 heavy (non-hydrogen) atoms. The first kappa shape index (κ1) is 18.7. The van der Waals surface area contributed by atoms with Crippen molar-refractivity contribution in [2.45, 2.75) is 23.9 Å². The Kier molecular flexibility index (Phi) is 5.99. The highest BCUT2D eigenvalue weighted by Gasteiger charge is 2.34. The number of benzene rings is 1. The summed E-state index contributed by atoms with van der Waals surface area (Å²) >= 11 is 1.15. The summed E-state index contributed by atoms with van der Waals surface area (Å²) in [4.78, 5) is 38.7. The molecule has 0 saturated heterocycles. The van der Waals surface area contributed by atoms with Crippen LogP contribution in [-0.4, -0.2) is 56.0 Å². The SMILES string of the molecule is NC(C(=O)NC(C(=O)O)C1N=C(C(=O)O)CCS1)c1ccc(O)cc1. The van der Waals surface area contributed by atoms with Crippen LogP contribution in [0.4, 0.5) is 0 Å². The first-order chi connectivity index (χ1) is 11.8. The first-order valence-corrected chi connectivity index (χ1v) is 8.33. The highest BCUT2D eigenvalue weighted by Crippen LogP contribution is 2.24. The number of aliphatic imine (C=N–C) groups is 1. The van der Waals surface area contributed by atoms with Gasteiger partial charge in [-0.15, -0.1) is 11.8 Å². The lowest BCUT2D eigenvalue weighted by atomic mass is 10.1. The van der Waals surface area contributed by atoms with E-state index in [0.29, 0.717) is 11.3 Å². The largest absolute Gasteiger partial charge is 0.508 e. The zero-order chi connectivity index (χ0) is 18.6. The number of phenols is 1. The molecule has 0 spiro atoms. The molecular weight excluding hydrogens is 350 g/mol. The van der Waals surface area contributed by atoms with Gasteiger partial charge in [0.1, 0.15) is 22.9 Å². The quantitative estimate of drug-likeness (QED) is 0.467. The number of amides is 1. The Bertz CT molecular complexity index is 706. The van der Waals surface area contributed by atoms with Crippen molar-refractivity contribution >= 4 is 35.3 Å². The third-order valence-corrected chi connectivity index (χ3v) is 4.70. The lowest BCUT2D eigenvalue weighted by molar-refractivity contribution is -0.142. The van der Waals surface area contributed by atoms with Crippen LogP contribution in [-0.2, 0) is 14.4 Å². The maximum Gasteiger partial charge on any atom is 0.349 e. The summed E-state index contributed by atoms with van der Waals surface area (Å²) in [5.74, 6) is -2.88. The number of thioether (sulfide) groups is 1. The Hall–Kier alpha value is -2.59. The highest BCUT2D eigenvalue weighted by molar-refractivity contribution is 8.00. The van der Waals surface area contributed by atoms with Crippen molar-refractivity contribution in [1.82, 2.24) is 5.32 Å². The minimum absolute atomic E-state index is 0.00825. The minimum Gasteiger partial charge on any atom is -0.508 e. The van der Waals surface area contributed by atoms with E-state index in [-0.39, 0.29) is 17.9 Å².